The largest absolute Gasteiger partial charge is 0.465 e. The van der Waals surface area contributed by atoms with E-state index in [2.05, 4.69) is 17.4 Å². The normalized spacial score (nSPS) is 16.2. The standard InChI is InChI=1S/C5H4N2O2/c8-5(9)7-3-1-2-6-4-7/h2H,3H2,(H,8,9). The first-order valence-electron chi connectivity index (χ1n) is 2.32. The van der Waals surface area contributed by atoms with E-state index in [0.29, 0.717) is 0 Å². The zero-order valence-electron chi connectivity index (χ0n) is 4.53. The van der Waals surface area contributed by atoms with Crippen molar-refractivity contribution in [1.82, 2.24) is 4.90 Å². The maximum Gasteiger partial charge on any atom is 0.413 e. The van der Waals surface area contributed by atoms with Gasteiger partial charge >= 0.3 is 6.09 Å². The molecule has 1 aliphatic heterocycles. The predicted octanol–water partition coefficient (Wildman–Crippen LogP) is 0.202. The van der Waals surface area contributed by atoms with Crippen molar-refractivity contribution in [1.29, 1.82) is 0 Å². The van der Waals surface area contributed by atoms with E-state index < -0.39 is 6.09 Å². The van der Waals surface area contributed by atoms with Gasteiger partial charge in [0.05, 0.1) is 6.54 Å². The van der Waals surface area contributed by atoms with Crippen LogP contribution in [0.4, 0.5) is 4.79 Å². The number of aliphatic imine (C=N–C) groups is 1. The van der Waals surface area contributed by atoms with Crippen molar-refractivity contribution >= 4 is 12.4 Å². The van der Waals surface area contributed by atoms with Crippen LogP contribution in [0.2, 0.25) is 0 Å². The minimum atomic E-state index is -1.06. The molecule has 4 nitrogen and oxygen atoms in total. The van der Waals surface area contributed by atoms with Crippen molar-refractivity contribution in [2.75, 3.05) is 6.54 Å². The molecule has 0 saturated carbocycles. The van der Waals surface area contributed by atoms with Gasteiger partial charge in [0.25, 0.3) is 0 Å². The maximum atomic E-state index is 10.1. The summed E-state index contributed by atoms with van der Waals surface area (Å²) < 4.78 is 0. The van der Waals surface area contributed by atoms with Crippen LogP contribution in [-0.2, 0) is 0 Å². The maximum absolute atomic E-state index is 10.1. The van der Waals surface area contributed by atoms with Gasteiger partial charge in [0.15, 0.2) is 6.34 Å². The lowest BCUT2D eigenvalue weighted by molar-refractivity contribution is 0.173. The van der Waals surface area contributed by atoms with E-state index in [4.69, 9.17) is 5.11 Å². The van der Waals surface area contributed by atoms with Gasteiger partial charge < -0.3 is 5.11 Å². The number of hydrogen-bond acceptors (Lipinski definition) is 2. The third kappa shape index (κ3) is 1.28. The van der Waals surface area contributed by atoms with E-state index in [1.165, 1.54) is 6.20 Å². The lowest BCUT2D eigenvalue weighted by Gasteiger charge is -2.09. The molecule has 0 fully saturated rings. The second kappa shape index (κ2) is 2.30. The highest BCUT2D eigenvalue weighted by molar-refractivity contribution is 5.81. The van der Waals surface area contributed by atoms with E-state index in [9.17, 15) is 4.79 Å². The second-order valence-electron chi connectivity index (χ2n) is 1.43. The Morgan fingerprint density at radius 1 is 1.89 bits per heavy atom. The Kier molecular flexibility index (Phi) is 1.48. The molecule has 1 heterocycles. The first kappa shape index (κ1) is 5.81. The average molecular weight is 124 g/mol. The molecule has 0 aromatic heterocycles. The van der Waals surface area contributed by atoms with Crippen LogP contribution in [0.25, 0.3) is 0 Å². The van der Waals surface area contributed by atoms with Crippen molar-refractivity contribution in [3.05, 3.63) is 12.3 Å². The molecule has 0 aromatic rings. The fourth-order valence-corrected chi connectivity index (χ4v) is 0.422. The molecule has 46 valence electrons. The first-order chi connectivity index (χ1) is 4.30. The van der Waals surface area contributed by atoms with Crippen LogP contribution in [0.15, 0.2) is 11.2 Å². The van der Waals surface area contributed by atoms with Crippen LogP contribution >= 0.6 is 0 Å². The van der Waals surface area contributed by atoms with E-state index in [1.807, 2.05) is 0 Å². The fraction of sp³-hybridized carbons (Fsp3) is 0.200. The quantitative estimate of drug-likeness (QED) is 0.501. The molecule has 0 aliphatic carbocycles. The summed E-state index contributed by atoms with van der Waals surface area (Å²) in [6.07, 6.45) is 5.20. The molecule has 2 radical (unpaired) electrons. The van der Waals surface area contributed by atoms with Crippen LogP contribution in [0.5, 0.6) is 0 Å². The Hall–Kier alpha value is -1.32. The summed E-state index contributed by atoms with van der Waals surface area (Å²) in [7, 11) is 0. The number of rotatable bonds is 0. The lowest BCUT2D eigenvalue weighted by Crippen LogP contribution is -2.29. The summed E-state index contributed by atoms with van der Waals surface area (Å²) in [6.45, 7) is 0.221. The zero-order chi connectivity index (χ0) is 6.69. The molecule has 4 heteroatoms. The van der Waals surface area contributed by atoms with E-state index in [1.54, 1.807) is 0 Å². The number of carboxylic acid groups (broad SMARTS) is 1. The Bertz CT molecular complexity index is 174. The number of nitrogens with zero attached hydrogens (tertiary/aromatic N) is 2. The average Bonchev–Trinajstić information content (AvgIpc) is 1.90. The number of amides is 1. The van der Waals surface area contributed by atoms with Crippen molar-refractivity contribution in [3.63, 3.8) is 0 Å². The number of hydrogen-bond donors (Lipinski definition) is 1. The van der Waals surface area contributed by atoms with Crippen LogP contribution < -0.4 is 0 Å². The van der Waals surface area contributed by atoms with Gasteiger partial charge in [-0.15, -0.1) is 0 Å². The molecular weight excluding hydrogens is 120 g/mol. The Morgan fingerprint density at radius 3 is 3.00 bits per heavy atom. The second-order valence-corrected chi connectivity index (χ2v) is 1.43. The molecule has 1 rings (SSSR count). The summed E-state index contributed by atoms with van der Waals surface area (Å²) in [6, 6.07) is 0. The van der Waals surface area contributed by atoms with Crippen LogP contribution in [-0.4, -0.2) is 29.0 Å². The summed E-state index contributed by atoms with van der Waals surface area (Å²) in [5.41, 5.74) is 0. The van der Waals surface area contributed by atoms with Gasteiger partial charge in [0, 0.05) is 6.20 Å². The molecule has 0 aromatic carbocycles. The van der Waals surface area contributed by atoms with Gasteiger partial charge in [0.2, 0.25) is 0 Å². The molecule has 1 amide bonds. The number of carbonyl (C=O) groups is 1. The monoisotopic (exact) mass is 124 g/mol. The topological polar surface area (TPSA) is 52.9 Å². The Morgan fingerprint density at radius 2 is 2.67 bits per heavy atom. The van der Waals surface area contributed by atoms with Crippen molar-refractivity contribution in [2.24, 2.45) is 4.99 Å². The SMILES string of the molecule is O=C(O)N1[C]=NC=[C]C1. The summed E-state index contributed by atoms with van der Waals surface area (Å²) >= 11 is 0. The van der Waals surface area contributed by atoms with Crippen molar-refractivity contribution in [2.45, 2.75) is 0 Å². The Labute approximate surface area is 52.1 Å². The van der Waals surface area contributed by atoms with Crippen molar-refractivity contribution in [3.8, 4) is 0 Å². The molecule has 0 saturated heterocycles. The van der Waals surface area contributed by atoms with E-state index in [-0.39, 0.29) is 6.54 Å². The van der Waals surface area contributed by atoms with Gasteiger partial charge in [0.1, 0.15) is 0 Å². The van der Waals surface area contributed by atoms with Crippen LogP contribution in [0.3, 0.4) is 0 Å². The minimum Gasteiger partial charge on any atom is -0.465 e. The highest BCUT2D eigenvalue weighted by Gasteiger charge is 2.08. The molecular formula is C5H4N2O2. The van der Waals surface area contributed by atoms with Gasteiger partial charge in [-0.3, -0.25) is 4.90 Å². The molecule has 0 unspecified atom stereocenters. The molecule has 1 aliphatic rings. The molecule has 1 N–H and O–H groups in total. The predicted molar refractivity (Wildman–Crippen MR) is 30.0 cm³/mol. The molecule has 9 heavy (non-hydrogen) atoms. The highest BCUT2D eigenvalue weighted by Crippen LogP contribution is 1.90. The third-order valence-electron chi connectivity index (χ3n) is 0.815. The van der Waals surface area contributed by atoms with Gasteiger partial charge in [-0.2, -0.15) is 0 Å². The van der Waals surface area contributed by atoms with Gasteiger partial charge in [-0.25, -0.2) is 9.79 Å². The van der Waals surface area contributed by atoms with Gasteiger partial charge in [-0.1, -0.05) is 0 Å². The third-order valence-corrected chi connectivity index (χ3v) is 0.815. The van der Waals surface area contributed by atoms with Gasteiger partial charge in [-0.05, 0) is 6.08 Å². The molecule has 0 atom stereocenters. The fourth-order valence-electron chi connectivity index (χ4n) is 0.422. The van der Waals surface area contributed by atoms with Crippen LogP contribution in [0, 0.1) is 6.08 Å². The minimum absolute atomic E-state index is 0.221. The highest BCUT2D eigenvalue weighted by atomic mass is 16.4. The summed E-state index contributed by atoms with van der Waals surface area (Å²) in [4.78, 5) is 14.5. The first-order valence-corrected chi connectivity index (χ1v) is 2.32. The van der Waals surface area contributed by atoms with E-state index in [0.717, 1.165) is 4.90 Å². The summed E-state index contributed by atoms with van der Waals surface area (Å²) in [5, 5.41) is 8.29. The van der Waals surface area contributed by atoms with E-state index >= 15 is 0 Å². The van der Waals surface area contributed by atoms with Crippen molar-refractivity contribution < 1.29 is 9.90 Å². The smallest absolute Gasteiger partial charge is 0.413 e. The molecule has 0 bridgehead atoms. The Balaban J connectivity index is 2.56. The molecule has 0 spiro atoms. The summed E-state index contributed by atoms with van der Waals surface area (Å²) in [5.74, 6) is 0. The lowest BCUT2D eigenvalue weighted by atomic mass is 10.5. The van der Waals surface area contributed by atoms with Crippen LogP contribution in [0.1, 0.15) is 0 Å². The zero-order valence-corrected chi connectivity index (χ0v) is 4.53.